The summed E-state index contributed by atoms with van der Waals surface area (Å²) < 4.78 is 3.91. The molecule has 0 spiro atoms. The van der Waals surface area contributed by atoms with Crippen molar-refractivity contribution in [3.63, 3.8) is 0 Å². The molecule has 0 saturated heterocycles. The van der Waals surface area contributed by atoms with Gasteiger partial charge in [-0.25, -0.2) is 0 Å². The Bertz CT molecular complexity index is 1530. The minimum absolute atomic E-state index is 0. The zero-order chi connectivity index (χ0) is 21.8. The SMILES string of the molecule is N#Cc1ccccc1.[Pt].[c-]1ccccc1-n1[c-][n+](-c2cccc3c2[n-]c2ccccc23)cc1. The van der Waals surface area contributed by atoms with Crippen molar-refractivity contribution >= 4 is 21.8 Å². The third kappa shape index (κ3) is 4.65. The van der Waals surface area contributed by atoms with Crippen molar-refractivity contribution in [3.05, 3.63) is 127 Å². The Balaban J connectivity index is 0.000000247. The molecule has 0 unspecified atom stereocenters. The predicted octanol–water partition coefficient (Wildman–Crippen LogP) is 5.17. The summed E-state index contributed by atoms with van der Waals surface area (Å²) in [4.78, 5) is 4.82. The van der Waals surface area contributed by atoms with Crippen LogP contribution in [-0.4, -0.2) is 4.57 Å². The predicted molar refractivity (Wildman–Crippen MR) is 124 cm³/mol. The third-order valence-electron chi connectivity index (χ3n) is 5.14. The molecule has 6 rings (SSSR count). The number of hydrogen-bond acceptors (Lipinski definition) is 1. The van der Waals surface area contributed by atoms with Crippen molar-refractivity contribution in [3.8, 4) is 17.4 Å². The minimum Gasteiger partial charge on any atom is -0.660 e. The molecule has 0 aliphatic rings. The third-order valence-corrected chi connectivity index (χ3v) is 5.14. The average Bonchev–Trinajstić information content (AvgIpc) is 3.51. The number of imidazole rings is 1. The molecule has 0 aliphatic heterocycles. The summed E-state index contributed by atoms with van der Waals surface area (Å²) in [5.74, 6) is 0. The molecule has 0 N–H and O–H groups in total. The molecular formula is C28H18N4Pt-2. The van der Waals surface area contributed by atoms with E-state index < -0.39 is 0 Å². The Morgan fingerprint density at radius 2 is 1.58 bits per heavy atom. The Morgan fingerprint density at radius 1 is 0.818 bits per heavy atom. The van der Waals surface area contributed by atoms with Gasteiger partial charge in [-0.1, -0.05) is 60.7 Å². The van der Waals surface area contributed by atoms with E-state index in [0.717, 1.165) is 22.4 Å². The zero-order valence-corrected chi connectivity index (χ0v) is 19.8. The van der Waals surface area contributed by atoms with E-state index in [2.05, 4.69) is 48.8 Å². The van der Waals surface area contributed by atoms with Crippen LogP contribution in [0, 0.1) is 23.7 Å². The summed E-state index contributed by atoms with van der Waals surface area (Å²) in [6, 6.07) is 36.8. The minimum atomic E-state index is 0. The van der Waals surface area contributed by atoms with E-state index in [-0.39, 0.29) is 21.1 Å². The molecule has 4 nitrogen and oxygen atoms in total. The van der Waals surface area contributed by atoms with Gasteiger partial charge in [-0.3, -0.25) is 0 Å². The van der Waals surface area contributed by atoms with Gasteiger partial charge in [0, 0.05) is 33.5 Å². The van der Waals surface area contributed by atoms with E-state index in [9.17, 15) is 0 Å². The molecule has 0 bridgehead atoms. The van der Waals surface area contributed by atoms with Crippen molar-refractivity contribution < 1.29 is 25.6 Å². The number of fused-ring (bicyclic) bond motifs is 3. The van der Waals surface area contributed by atoms with E-state index in [1.807, 2.05) is 76.1 Å². The molecule has 4 aromatic carbocycles. The Hall–Kier alpha value is -3.93. The number of para-hydroxylation sites is 3. The van der Waals surface area contributed by atoms with E-state index in [1.165, 1.54) is 10.8 Å². The van der Waals surface area contributed by atoms with Crippen LogP contribution >= 0.6 is 0 Å². The molecule has 5 heteroatoms. The first-order valence-corrected chi connectivity index (χ1v) is 10.2. The average molecular weight is 606 g/mol. The first-order valence-electron chi connectivity index (χ1n) is 10.2. The topological polar surface area (TPSA) is 46.7 Å². The number of hydrogen-bond donors (Lipinski definition) is 0. The van der Waals surface area contributed by atoms with Crippen LogP contribution in [0.3, 0.4) is 0 Å². The van der Waals surface area contributed by atoms with Crippen molar-refractivity contribution in [2.45, 2.75) is 0 Å². The largest absolute Gasteiger partial charge is 0.660 e. The fourth-order valence-electron chi connectivity index (χ4n) is 3.61. The molecule has 2 heterocycles. The monoisotopic (exact) mass is 605 g/mol. The van der Waals surface area contributed by atoms with E-state index >= 15 is 0 Å². The second kappa shape index (κ2) is 10.1. The summed E-state index contributed by atoms with van der Waals surface area (Å²) in [5, 5.41) is 10.6. The van der Waals surface area contributed by atoms with Crippen molar-refractivity contribution in [2.24, 2.45) is 0 Å². The van der Waals surface area contributed by atoms with Gasteiger partial charge in [-0.05, 0) is 28.6 Å². The maximum atomic E-state index is 8.29. The van der Waals surface area contributed by atoms with Gasteiger partial charge in [0.25, 0.3) is 6.33 Å². The van der Waals surface area contributed by atoms with E-state index in [1.54, 1.807) is 12.1 Å². The maximum absolute atomic E-state index is 8.29. The van der Waals surface area contributed by atoms with Crippen LogP contribution in [0.1, 0.15) is 5.56 Å². The second-order valence-electron chi connectivity index (χ2n) is 7.17. The van der Waals surface area contributed by atoms with Crippen LogP contribution in [0.25, 0.3) is 33.2 Å². The molecular weight excluding hydrogens is 587 g/mol. The molecule has 0 aliphatic carbocycles. The molecule has 0 saturated carbocycles. The molecule has 162 valence electrons. The van der Waals surface area contributed by atoms with Gasteiger partial charge in [-0.2, -0.15) is 35.6 Å². The quantitative estimate of drug-likeness (QED) is 0.202. The summed E-state index contributed by atoms with van der Waals surface area (Å²) >= 11 is 0. The van der Waals surface area contributed by atoms with Crippen LogP contribution in [0.5, 0.6) is 0 Å². The smallest absolute Gasteiger partial charge is 0.267 e. The van der Waals surface area contributed by atoms with Gasteiger partial charge < -0.3 is 14.1 Å². The molecule has 0 radical (unpaired) electrons. The fourth-order valence-corrected chi connectivity index (χ4v) is 3.61. The molecule has 33 heavy (non-hydrogen) atoms. The summed E-state index contributed by atoms with van der Waals surface area (Å²) in [6.07, 6.45) is 7.32. The van der Waals surface area contributed by atoms with Crippen molar-refractivity contribution in [1.82, 2.24) is 9.55 Å². The molecule has 6 aromatic rings. The summed E-state index contributed by atoms with van der Waals surface area (Å²) in [5.41, 5.74) is 4.72. The summed E-state index contributed by atoms with van der Waals surface area (Å²) in [7, 11) is 0. The first-order chi connectivity index (χ1) is 15.8. The summed E-state index contributed by atoms with van der Waals surface area (Å²) in [6.45, 7) is 0. The Labute approximate surface area is 206 Å². The van der Waals surface area contributed by atoms with Gasteiger partial charge in [0.2, 0.25) is 0 Å². The normalized spacial score (nSPS) is 10.2. The van der Waals surface area contributed by atoms with Gasteiger partial charge in [0.15, 0.2) is 0 Å². The van der Waals surface area contributed by atoms with Gasteiger partial charge in [0.05, 0.1) is 17.3 Å². The zero-order valence-electron chi connectivity index (χ0n) is 17.5. The number of aromatic nitrogens is 3. The molecule has 2 aromatic heterocycles. The van der Waals surface area contributed by atoms with Crippen LogP contribution < -0.4 is 9.55 Å². The number of benzene rings is 4. The molecule has 0 amide bonds. The van der Waals surface area contributed by atoms with Gasteiger partial charge >= 0.3 is 0 Å². The van der Waals surface area contributed by atoms with Crippen LogP contribution in [0.2, 0.25) is 0 Å². The number of nitrogens with zero attached hydrogens (tertiary/aromatic N) is 4. The van der Waals surface area contributed by atoms with Crippen molar-refractivity contribution in [1.29, 1.82) is 5.26 Å². The van der Waals surface area contributed by atoms with Crippen molar-refractivity contribution in [2.75, 3.05) is 0 Å². The van der Waals surface area contributed by atoms with Gasteiger partial charge in [-0.15, -0.1) is 11.0 Å². The van der Waals surface area contributed by atoms with Crippen LogP contribution in [-0.2, 0) is 21.1 Å². The van der Waals surface area contributed by atoms with Crippen LogP contribution in [0.4, 0.5) is 0 Å². The number of nitriles is 1. The fraction of sp³-hybridized carbons (Fsp3) is 0. The van der Waals surface area contributed by atoms with E-state index in [0.29, 0.717) is 5.56 Å². The Morgan fingerprint density at radius 3 is 2.33 bits per heavy atom. The molecule has 0 fully saturated rings. The van der Waals surface area contributed by atoms with Crippen LogP contribution in [0.15, 0.2) is 109 Å². The van der Waals surface area contributed by atoms with Gasteiger partial charge in [0.1, 0.15) is 0 Å². The molecule has 0 atom stereocenters. The van der Waals surface area contributed by atoms with E-state index in [4.69, 9.17) is 10.2 Å². The first kappa shape index (κ1) is 22.3. The second-order valence-corrected chi connectivity index (χ2v) is 7.17. The number of rotatable bonds is 2. The maximum Gasteiger partial charge on any atom is 0.267 e. The standard InChI is InChI=1S/C21H13N3.C7H5N.Pt/c1-2-7-16(8-3-1)23-13-14-24(15-23)20-12-6-10-18-17-9-4-5-11-19(17)22-21(18)20;8-6-7-4-2-1-3-5-7;/h1-7,9-14H;1-5H;/q-2;;. The Kier molecular flexibility index (Phi) is 6.83.